The lowest BCUT2D eigenvalue weighted by molar-refractivity contribution is -0.140. The summed E-state index contributed by atoms with van der Waals surface area (Å²) in [5.41, 5.74) is 1.15. The van der Waals surface area contributed by atoms with Crippen molar-refractivity contribution in [2.24, 2.45) is 0 Å². The van der Waals surface area contributed by atoms with E-state index in [-0.39, 0.29) is 18.1 Å². The van der Waals surface area contributed by atoms with Crippen LogP contribution in [-0.2, 0) is 9.53 Å². The maximum absolute atomic E-state index is 12.4. The van der Waals surface area contributed by atoms with Crippen molar-refractivity contribution in [3.8, 4) is 0 Å². The van der Waals surface area contributed by atoms with E-state index in [1.165, 1.54) is 0 Å². The zero-order chi connectivity index (χ0) is 13.1. The number of amides is 1. The molecule has 2 atom stereocenters. The summed E-state index contributed by atoms with van der Waals surface area (Å²) < 4.78 is 5.79. The maximum Gasteiger partial charge on any atom is 0.240 e. The van der Waals surface area contributed by atoms with E-state index in [2.05, 4.69) is 17.4 Å². The van der Waals surface area contributed by atoms with Crippen molar-refractivity contribution in [2.75, 3.05) is 31.3 Å². The number of nitrogens with one attached hydrogen (secondary N) is 1. The van der Waals surface area contributed by atoms with Gasteiger partial charge in [0.25, 0.3) is 0 Å². The van der Waals surface area contributed by atoms with E-state index in [0.29, 0.717) is 19.7 Å². The standard InChI is InChI=1S/C14H18N2O2S/c17-14(12-9-19-10-15-12)16-6-7-18-13(8-16)11-4-2-1-3-5-11/h1-5,12-13,15H,6-10H2. The Morgan fingerprint density at radius 2 is 2.21 bits per heavy atom. The molecule has 1 amide bonds. The van der Waals surface area contributed by atoms with E-state index in [1.54, 1.807) is 11.8 Å². The number of morpholine rings is 1. The van der Waals surface area contributed by atoms with E-state index in [1.807, 2.05) is 23.1 Å². The van der Waals surface area contributed by atoms with Crippen LogP contribution in [0.5, 0.6) is 0 Å². The number of thioether (sulfide) groups is 1. The fourth-order valence-electron chi connectivity index (χ4n) is 2.49. The molecule has 102 valence electrons. The van der Waals surface area contributed by atoms with Crippen LogP contribution < -0.4 is 5.32 Å². The van der Waals surface area contributed by atoms with Crippen molar-refractivity contribution in [1.29, 1.82) is 0 Å². The fourth-order valence-corrected chi connectivity index (χ4v) is 3.43. The smallest absolute Gasteiger partial charge is 0.240 e. The second-order valence-electron chi connectivity index (χ2n) is 4.83. The molecule has 2 saturated heterocycles. The van der Waals surface area contributed by atoms with Crippen molar-refractivity contribution in [3.63, 3.8) is 0 Å². The predicted molar refractivity (Wildman–Crippen MR) is 76.0 cm³/mol. The highest BCUT2D eigenvalue weighted by molar-refractivity contribution is 7.99. The number of benzene rings is 1. The Kier molecular flexibility index (Phi) is 4.06. The Morgan fingerprint density at radius 3 is 2.95 bits per heavy atom. The van der Waals surface area contributed by atoms with Gasteiger partial charge in [0.2, 0.25) is 5.91 Å². The van der Waals surface area contributed by atoms with E-state index >= 15 is 0 Å². The predicted octanol–water partition coefficient (Wildman–Crippen LogP) is 1.25. The average molecular weight is 278 g/mol. The molecule has 3 rings (SSSR count). The Hall–Kier alpha value is -1.04. The zero-order valence-corrected chi connectivity index (χ0v) is 11.6. The van der Waals surface area contributed by atoms with Gasteiger partial charge in [0.05, 0.1) is 19.2 Å². The molecule has 0 saturated carbocycles. The van der Waals surface area contributed by atoms with Gasteiger partial charge in [-0.3, -0.25) is 10.1 Å². The summed E-state index contributed by atoms with van der Waals surface area (Å²) in [6, 6.07) is 10.1. The summed E-state index contributed by atoms with van der Waals surface area (Å²) in [6.07, 6.45) is 0.00737. The molecule has 2 unspecified atom stereocenters. The van der Waals surface area contributed by atoms with Crippen LogP contribution in [0.25, 0.3) is 0 Å². The maximum atomic E-state index is 12.4. The van der Waals surface area contributed by atoms with Crippen molar-refractivity contribution < 1.29 is 9.53 Å². The molecule has 2 heterocycles. The number of carbonyl (C=O) groups is 1. The Labute approximate surface area is 117 Å². The lowest BCUT2D eigenvalue weighted by atomic mass is 10.1. The number of rotatable bonds is 2. The molecule has 4 nitrogen and oxygen atoms in total. The first kappa shape index (κ1) is 13.0. The number of ether oxygens (including phenoxy) is 1. The van der Waals surface area contributed by atoms with Crippen LogP contribution in [0.3, 0.4) is 0 Å². The molecule has 0 bridgehead atoms. The van der Waals surface area contributed by atoms with Gasteiger partial charge in [-0.15, -0.1) is 11.8 Å². The highest BCUT2D eigenvalue weighted by Crippen LogP contribution is 2.23. The molecule has 5 heteroatoms. The number of carbonyl (C=O) groups excluding carboxylic acids is 1. The fraction of sp³-hybridized carbons (Fsp3) is 0.500. The molecule has 0 radical (unpaired) electrons. The largest absolute Gasteiger partial charge is 0.370 e. The minimum Gasteiger partial charge on any atom is -0.370 e. The number of nitrogens with zero attached hydrogens (tertiary/aromatic N) is 1. The molecule has 1 N–H and O–H groups in total. The van der Waals surface area contributed by atoms with Crippen LogP contribution in [0.4, 0.5) is 0 Å². The van der Waals surface area contributed by atoms with Crippen LogP contribution in [0.1, 0.15) is 11.7 Å². The van der Waals surface area contributed by atoms with E-state index < -0.39 is 0 Å². The molecule has 1 aromatic carbocycles. The molecule has 0 aromatic heterocycles. The third-order valence-electron chi connectivity index (χ3n) is 3.56. The summed E-state index contributed by atoms with van der Waals surface area (Å²) in [6.45, 7) is 1.97. The van der Waals surface area contributed by atoms with Crippen LogP contribution >= 0.6 is 11.8 Å². The second kappa shape index (κ2) is 5.94. The molecular weight excluding hydrogens is 260 g/mol. The topological polar surface area (TPSA) is 41.6 Å². The highest BCUT2D eigenvalue weighted by atomic mass is 32.2. The summed E-state index contributed by atoms with van der Waals surface area (Å²) in [5.74, 6) is 1.98. The van der Waals surface area contributed by atoms with Crippen molar-refractivity contribution >= 4 is 17.7 Å². The van der Waals surface area contributed by atoms with Gasteiger partial charge in [-0.2, -0.15) is 0 Å². The van der Waals surface area contributed by atoms with Gasteiger partial charge in [0.15, 0.2) is 0 Å². The van der Waals surface area contributed by atoms with Gasteiger partial charge >= 0.3 is 0 Å². The summed E-state index contributed by atoms with van der Waals surface area (Å²) in [4.78, 5) is 14.3. The summed E-state index contributed by atoms with van der Waals surface area (Å²) in [7, 11) is 0. The van der Waals surface area contributed by atoms with Crippen LogP contribution in [0.15, 0.2) is 30.3 Å². The molecule has 2 aliphatic heterocycles. The van der Waals surface area contributed by atoms with E-state index in [4.69, 9.17) is 4.74 Å². The SMILES string of the molecule is O=C(C1CSCN1)N1CCOC(c2ccccc2)C1. The first-order valence-electron chi connectivity index (χ1n) is 6.61. The third-order valence-corrected chi connectivity index (χ3v) is 4.50. The van der Waals surface area contributed by atoms with Gasteiger partial charge in [0, 0.05) is 18.2 Å². The van der Waals surface area contributed by atoms with Gasteiger partial charge in [-0.25, -0.2) is 0 Å². The quantitative estimate of drug-likeness (QED) is 0.884. The Bertz CT molecular complexity index is 434. The van der Waals surface area contributed by atoms with Crippen molar-refractivity contribution in [2.45, 2.75) is 12.1 Å². The second-order valence-corrected chi connectivity index (χ2v) is 5.86. The zero-order valence-electron chi connectivity index (χ0n) is 10.7. The Morgan fingerprint density at radius 1 is 1.37 bits per heavy atom. The normalized spacial score (nSPS) is 27.5. The van der Waals surface area contributed by atoms with Crippen molar-refractivity contribution in [3.05, 3.63) is 35.9 Å². The van der Waals surface area contributed by atoms with E-state index in [0.717, 1.165) is 17.2 Å². The van der Waals surface area contributed by atoms with Gasteiger partial charge in [-0.05, 0) is 5.56 Å². The first-order chi connectivity index (χ1) is 9.34. The molecule has 1 aromatic rings. The lowest BCUT2D eigenvalue weighted by Crippen LogP contribution is -2.50. The molecule has 2 fully saturated rings. The molecule has 19 heavy (non-hydrogen) atoms. The monoisotopic (exact) mass is 278 g/mol. The molecular formula is C14H18N2O2S. The summed E-state index contributed by atoms with van der Waals surface area (Å²) in [5, 5.41) is 3.24. The Balaban J connectivity index is 1.66. The van der Waals surface area contributed by atoms with Gasteiger partial charge in [0.1, 0.15) is 6.10 Å². The average Bonchev–Trinajstić information content (AvgIpc) is 3.02. The molecule has 2 aliphatic rings. The number of hydrogen-bond donors (Lipinski definition) is 1. The summed E-state index contributed by atoms with van der Waals surface area (Å²) >= 11 is 1.78. The highest BCUT2D eigenvalue weighted by Gasteiger charge is 2.31. The minimum atomic E-state index is -0.0143. The first-order valence-corrected chi connectivity index (χ1v) is 7.76. The third kappa shape index (κ3) is 2.94. The van der Waals surface area contributed by atoms with E-state index in [9.17, 15) is 4.79 Å². The van der Waals surface area contributed by atoms with Crippen molar-refractivity contribution in [1.82, 2.24) is 10.2 Å². The lowest BCUT2D eigenvalue weighted by Gasteiger charge is -2.34. The number of hydrogen-bond acceptors (Lipinski definition) is 4. The van der Waals surface area contributed by atoms with Crippen LogP contribution in [0, 0.1) is 0 Å². The minimum absolute atomic E-state index is 0.00737. The van der Waals surface area contributed by atoms with Crippen LogP contribution in [-0.4, -0.2) is 48.2 Å². The van der Waals surface area contributed by atoms with Crippen LogP contribution in [0.2, 0.25) is 0 Å². The van der Waals surface area contributed by atoms with Gasteiger partial charge in [-0.1, -0.05) is 30.3 Å². The molecule has 0 aliphatic carbocycles. The van der Waals surface area contributed by atoms with Gasteiger partial charge < -0.3 is 9.64 Å². The molecule has 0 spiro atoms.